The van der Waals surface area contributed by atoms with Gasteiger partial charge in [0.15, 0.2) is 11.6 Å². The first kappa shape index (κ1) is 24.3. The lowest BCUT2D eigenvalue weighted by atomic mass is 9.76. The molecule has 0 amide bonds. The molecular weight excluding hydrogens is 408 g/mol. The second-order valence-corrected chi connectivity index (χ2v) is 9.34. The zero-order chi connectivity index (χ0) is 22.4. The molecule has 31 heavy (non-hydrogen) atoms. The van der Waals surface area contributed by atoms with Gasteiger partial charge in [-0.1, -0.05) is 39.2 Å². The Morgan fingerprint density at radius 2 is 1.61 bits per heavy atom. The summed E-state index contributed by atoms with van der Waals surface area (Å²) >= 11 is 0. The van der Waals surface area contributed by atoms with Crippen LogP contribution in [0.5, 0.6) is 5.75 Å². The molecule has 1 heterocycles. The number of benzene rings is 1. The Bertz CT molecular complexity index is 687. The van der Waals surface area contributed by atoms with Gasteiger partial charge in [0.2, 0.25) is 0 Å². The highest BCUT2D eigenvalue weighted by atomic mass is 19.4. The van der Waals surface area contributed by atoms with Gasteiger partial charge in [-0.2, -0.15) is 13.2 Å². The van der Waals surface area contributed by atoms with E-state index in [4.69, 9.17) is 9.47 Å². The first-order valence-electron chi connectivity index (χ1n) is 12.0. The van der Waals surface area contributed by atoms with Crippen LogP contribution < -0.4 is 4.74 Å². The highest BCUT2D eigenvalue weighted by molar-refractivity contribution is 5.41. The Kier molecular flexibility index (Phi) is 8.65. The summed E-state index contributed by atoms with van der Waals surface area (Å²) in [6, 6.07) is 2.84. The predicted octanol–water partition coefficient (Wildman–Crippen LogP) is 7.89. The molecule has 0 bridgehead atoms. The summed E-state index contributed by atoms with van der Waals surface area (Å²) in [7, 11) is 0. The van der Waals surface area contributed by atoms with E-state index in [1.54, 1.807) is 0 Å². The third kappa shape index (κ3) is 6.36. The average Bonchev–Trinajstić information content (AvgIpc) is 2.74. The molecule has 3 rings (SSSR count). The van der Waals surface area contributed by atoms with Crippen LogP contribution in [0.1, 0.15) is 95.1 Å². The maximum atomic E-state index is 15.0. The van der Waals surface area contributed by atoms with Gasteiger partial charge >= 0.3 is 6.18 Å². The van der Waals surface area contributed by atoms with E-state index < -0.39 is 17.6 Å². The van der Waals surface area contributed by atoms with Gasteiger partial charge in [0.05, 0.1) is 24.9 Å². The van der Waals surface area contributed by atoms with E-state index in [0.717, 1.165) is 51.4 Å². The van der Waals surface area contributed by atoms with Gasteiger partial charge in [0, 0.05) is 5.92 Å². The summed E-state index contributed by atoms with van der Waals surface area (Å²) in [4.78, 5) is 0. The van der Waals surface area contributed by atoms with E-state index in [1.807, 2.05) is 0 Å². The van der Waals surface area contributed by atoms with Gasteiger partial charge in [-0.05, 0) is 68.4 Å². The van der Waals surface area contributed by atoms with Crippen molar-refractivity contribution in [2.24, 2.45) is 11.8 Å². The van der Waals surface area contributed by atoms with Crippen molar-refractivity contribution in [3.05, 3.63) is 29.1 Å². The molecule has 2 fully saturated rings. The van der Waals surface area contributed by atoms with Gasteiger partial charge < -0.3 is 9.47 Å². The highest BCUT2D eigenvalue weighted by Gasteiger charge is 2.40. The molecule has 1 aliphatic heterocycles. The Balaban J connectivity index is 1.68. The van der Waals surface area contributed by atoms with Crippen LogP contribution in [0.3, 0.4) is 0 Å². The second-order valence-electron chi connectivity index (χ2n) is 9.34. The fourth-order valence-corrected chi connectivity index (χ4v) is 5.23. The normalized spacial score (nSPS) is 27.3. The second kappa shape index (κ2) is 11.0. The van der Waals surface area contributed by atoms with E-state index >= 15 is 4.39 Å². The van der Waals surface area contributed by atoms with Crippen molar-refractivity contribution in [1.29, 1.82) is 0 Å². The lowest BCUT2D eigenvalue weighted by Gasteiger charge is -2.31. The Labute approximate surface area is 183 Å². The third-order valence-electron chi connectivity index (χ3n) is 6.96. The summed E-state index contributed by atoms with van der Waals surface area (Å²) in [5.41, 5.74) is -1.04. The van der Waals surface area contributed by atoms with Crippen molar-refractivity contribution < 1.29 is 27.0 Å². The molecule has 0 spiro atoms. The predicted molar refractivity (Wildman–Crippen MR) is 114 cm³/mol. The first-order chi connectivity index (χ1) is 14.8. The van der Waals surface area contributed by atoms with Crippen molar-refractivity contribution in [3.8, 4) is 5.75 Å². The molecule has 1 aliphatic carbocycles. The molecule has 176 valence electrons. The molecule has 1 saturated heterocycles. The van der Waals surface area contributed by atoms with Crippen LogP contribution >= 0.6 is 0 Å². The summed E-state index contributed by atoms with van der Waals surface area (Å²) in [6.45, 7) is 4.93. The fourth-order valence-electron chi connectivity index (χ4n) is 5.23. The van der Waals surface area contributed by atoms with E-state index in [-0.39, 0.29) is 35.9 Å². The molecular formula is C25H36F4O2. The quantitative estimate of drug-likeness (QED) is 0.380. The molecule has 2 atom stereocenters. The van der Waals surface area contributed by atoms with Crippen molar-refractivity contribution in [2.75, 3.05) is 13.2 Å². The Morgan fingerprint density at radius 3 is 2.19 bits per heavy atom. The van der Waals surface area contributed by atoms with Crippen LogP contribution in [0.25, 0.3) is 0 Å². The molecule has 6 heteroatoms. The van der Waals surface area contributed by atoms with Crippen LogP contribution in [0, 0.1) is 17.7 Å². The maximum Gasteiger partial charge on any atom is 0.419 e. The van der Waals surface area contributed by atoms with E-state index in [2.05, 4.69) is 13.8 Å². The van der Waals surface area contributed by atoms with Crippen molar-refractivity contribution in [2.45, 2.75) is 96.3 Å². The van der Waals surface area contributed by atoms with Gasteiger partial charge in [-0.15, -0.1) is 0 Å². The molecule has 2 unspecified atom stereocenters. The SMILES string of the molecule is CCCC1CCC(c2ccc(OCC3CCC(CCC)OC3)c(F)c2C(F)(F)F)CC1. The molecule has 1 aromatic rings. The van der Waals surface area contributed by atoms with Gasteiger partial charge in [0.1, 0.15) is 0 Å². The molecule has 2 nitrogen and oxygen atoms in total. The molecule has 2 aliphatic rings. The van der Waals surface area contributed by atoms with Gasteiger partial charge in [0.25, 0.3) is 0 Å². The average molecular weight is 445 g/mol. The van der Waals surface area contributed by atoms with Crippen molar-refractivity contribution >= 4 is 0 Å². The number of alkyl halides is 3. The standard InChI is InChI=1S/C25H36F4O2/c1-3-5-17-7-10-19(11-8-17)21-13-14-22(24(26)23(21)25(27,28)29)31-16-18-9-12-20(6-4-2)30-15-18/h13-14,17-20H,3-12,15-16H2,1-2H3. The maximum absolute atomic E-state index is 15.0. The van der Waals surface area contributed by atoms with E-state index in [0.29, 0.717) is 25.4 Å². The van der Waals surface area contributed by atoms with E-state index in [9.17, 15) is 13.2 Å². The highest BCUT2D eigenvalue weighted by Crippen LogP contribution is 2.45. The van der Waals surface area contributed by atoms with Crippen LogP contribution in [-0.4, -0.2) is 19.3 Å². The summed E-state index contributed by atoms with van der Waals surface area (Å²) in [5, 5.41) is 0. The molecule has 0 radical (unpaired) electrons. The monoisotopic (exact) mass is 444 g/mol. The molecule has 1 saturated carbocycles. The first-order valence-corrected chi connectivity index (χ1v) is 12.0. The van der Waals surface area contributed by atoms with E-state index in [1.165, 1.54) is 12.1 Å². The van der Waals surface area contributed by atoms with Crippen LogP contribution in [0.15, 0.2) is 12.1 Å². The smallest absolute Gasteiger partial charge is 0.419 e. The van der Waals surface area contributed by atoms with Crippen LogP contribution in [-0.2, 0) is 10.9 Å². The summed E-state index contributed by atoms with van der Waals surface area (Å²) in [6.07, 6.45) is 4.79. The number of ether oxygens (including phenoxy) is 2. The molecule has 1 aromatic carbocycles. The minimum Gasteiger partial charge on any atom is -0.490 e. The van der Waals surface area contributed by atoms with Crippen molar-refractivity contribution in [3.63, 3.8) is 0 Å². The minimum absolute atomic E-state index is 0.0790. The zero-order valence-electron chi connectivity index (χ0n) is 18.8. The summed E-state index contributed by atoms with van der Waals surface area (Å²) < 4.78 is 67.9. The Morgan fingerprint density at radius 1 is 0.935 bits per heavy atom. The van der Waals surface area contributed by atoms with Gasteiger partial charge in [-0.25, -0.2) is 4.39 Å². The fraction of sp³-hybridized carbons (Fsp3) is 0.760. The van der Waals surface area contributed by atoms with Gasteiger partial charge in [-0.3, -0.25) is 0 Å². The topological polar surface area (TPSA) is 18.5 Å². The van der Waals surface area contributed by atoms with Crippen molar-refractivity contribution in [1.82, 2.24) is 0 Å². The molecule has 0 aromatic heterocycles. The minimum atomic E-state index is -4.74. The summed E-state index contributed by atoms with van der Waals surface area (Å²) in [5.74, 6) is -1.14. The lowest BCUT2D eigenvalue weighted by Crippen LogP contribution is -2.29. The Hall–Kier alpha value is -1.30. The number of rotatable bonds is 8. The number of hydrogen-bond acceptors (Lipinski definition) is 2. The molecule has 0 N–H and O–H groups in total. The largest absolute Gasteiger partial charge is 0.490 e. The van der Waals surface area contributed by atoms with Crippen LogP contribution in [0.2, 0.25) is 0 Å². The third-order valence-corrected chi connectivity index (χ3v) is 6.96. The lowest BCUT2D eigenvalue weighted by molar-refractivity contribution is -0.141. The van der Waals surface area contributed by atoms with Crippen LogP contribution in [0.4, 0.5) is 17.6 Å². The number of halogens is 4. The number of hydrogen-bond donors (Lipinski definition) is 0. The zero-order valence-corrected chi connectivity index (χ0v) is 18.8.